The number of anilines is 1. The summed E-state index contributed by atoms with van der Waals surface area (Å²) in [5, 5.41) is 9.96. The van der Waals surface area contributed by atoms with Crippen LogP contribution in [0.5, 0.6) is 0 Å². The molecule has 5 nitrogen and oxygen atoms in total. The summed E-state index contributed by atoms with van der Waals surface area (Å²) in [7, 11) is -2.90. The molecule has 0 aliphatic carbocycles. The average molecular weight is 253 g/mol. The van der Waals surface area contributed by atoms with E-state index in [1.807, 2.05) is 0 Å². The zero-order chi connectivity index (χ0) is 10.6. The third-order valence-corrected chi connectivity index (χ3v) is 4.32. The first-order valence-corrected chi connectivity index (χ1v) is 7.08. The predicted molar refractivity (Wildman–Crippen MR) is 60.1 cm³/mol. The molecule has 0 aliphatic heterocycles. The second-order valence-corrected chi connectivity index (χ2v) is 6.72. The maximum Gasteiger partial charge on any atom is 0.204 e. The summed E-state index contributed by atoms with van der Waals surface area (Å²) >= 11 is 6.11. The van der Waals surface area contributed by atoms with Crippen molar-refractivity contribution in [2.75, 3.05) is 23.4 Å². The van der Waals surface area contributed by atoms with Gasteiger partial charge in [0.15, 0.2) is 13.8 Å². The molecule has 0 amide bonds. The van der Waals surface area contributed by atoms with E-state index in [0.29, 0.717) is 15.6 Å². The lowest BCUT2D eigenvalue weighted by molar-refractivity contribution is 0.597. The Morgan fingerprint density at radius 1 is 1.64 bits per heavy atom. The van der Waals surface area contributed by atoms with Gasteiger partial charge in [-0.05, 0) is 12.2 Å². The maximum absolute atomic E-state index is 11.1. The highest BCUT2D eigenvalue weighted by atomic mass is 32.2. The number of aromatic nitrogens is 2. The molecule has 0 aromatic carbocycles. The monoisotopic (exact) mass is 253 g/mol. The van der Waals surface area contributed by atoms with Crippen molar-refractivity contribution in [3.63, 3.8) is 0 Å². The molecule has 0 aliphatic rings. The van der Waals surface area contributed by atoms with Crippen molar-refractivity contribution in [1.82, 2.24) is 10.2 Å². The fourth-order valence-electron chi connectivity index (χ4n) is 0.763. The Morgan fingerprint density at radius 3 is 2.86 bits per heavy atom. The fourth-order valence-corrected chi connectivity index (χ4v) is 2.28. The van der Waals surface area contributed by atoms with Crippen LogP contribution in [0.1, 0.15) is 6.92 Å². The minimum atomic E-state index is -2.90. The number of nitrogens with zero attached hydrogens (tertiary/aromatic N) is 1. The highest BCUT2D eigenvalue weighted by Gasteiger charge is 2.06. The quantitative estimate of drug-likeness (QED) is 0.767. The number of sulfone groups is 1. The van der Waals surface area contributed by atoms with Gasteiger partial charge in [-0.3, -0.25) is 5.10 Å². The molecule has 0 unspecified atom stereocenters. The van der Waals surface area contributed by atoms with E-state index in [9.17, 15) is 8.42 Å². The maximum atomic E-state index is 11.1. The van der Waals surface area contributed by atoms with Gasteiger partial charge in [-0.25, -0.2) is 8.42 Å². The van der Waals surface area contributed by atoms with Gasteiger partial charge in [0.2, 0.25) is 5.13 Å². The second-order valence-electron chi connectivity index (χ2n) is 2.58. The van der Waals surface area contributed by atoms with Crippen LogP contribution in [-0.4, -0.2) is 36.7 Å². The van der Waals surface area contributed by atoms with Gasteiger partial charge in [-0.2, -0.15) is 0 Å². The van der Waals surface area contributed by atoms with Crippen molar-refractivity contribution in [2.24, 2.45) is 0 Å². The summed E-state index contributed by atoms with van der Waals surface area (Å²) in [5.74, 6) is 0.292. The lowest BCUT2D eigenvalue weighted by Crippen LogP contribution is -2.17. The van der Waals surface area contributed by atoms with Gasteiger partial charge in [-0.15, -0.1) is 5.10 Å². The van der Waals surface area contributed by atoms with Gasteiger partial charge in [-0.1, -0.05) is 18.3 Å². The zero-order valence-corrected chi connectivity index (χ0v) is 10.1. The Morgan fingerprint density at radius 2 is 2.36 bits per heavy atom. The highest BCUT2D eigenvalue weighted by Crippen LogP contribution is 2.09. The van der Waals surface area contributed by atoms with Crippen molar-refractivity contribution in [1.29, 1.82) is 0 Å². The first-order chi connectivity index (χ1) is 6.53. The van der Waals surface area contributed by atoms with E-state index >= 15 is 0 Å². The molecule has 0 saturated heterocycles. The summed E-state index contributed by atoms with van der Waals surface area (Å²) in [6, 6.07) is 0. The molecular formula is C6H11N3O2S3. The number of nitrogens with one attached hydrogen (secondary N) is 2. The van der Waals surface area contributed by atoms with Gasteiger partial charge >= 0.3 is 0 Å². The molecule has 2 N–H and O–H groups in total. The molecule has 80 valence electrons. The summed E-state index contributed by atoms with van der Waals surface area (Å²) in [6.07, 6.45) is 0. The van der Waals surface area contributed by atoms with Crippen molar-refractivity contribution in [3.05, 3.63) is 3.95 Å². The second kappa shape index (κ2) is 4.85. The van der Waals surface area contributed by atoms with Gasteiger partial charge < -0.3 is 5.32 Å². The summed E-state index contributed by atoms with van der Waals surface area (Å²) in [5.41, 5.74) is 0. The number of rotatable bonds is 5. The molecule has 8 heteroatoms. The van der Waals surface area contributed by atoms with Crippen molar-refractivity contribution in [3.8, 4) is 0 Å². The smallest absolute Gasteiger partial charge is 0.204 e. The van der Waals surface area contributed by atoms with E-state index in [-0.39, 0.29) is 11.5 Å². The van der Waals surface area contributed by atoms with E-state index in [2.05, 4.69) is 15.5 Å². The first-order valence-electron chi connectivity index (χ1n) is 4.03. The summed E-state index contributed by atoms with van der Waals surface area (Å²) < 4.78 is 22.8. The standard InChI is InChI=1S/C6H11N3O2S3/c1-2-14(10,11)4-3-7-5-8-9-6(12)13-5/h2-4H2,1H3,(H,7,8)(H,9,12). The first kappa shape index (κ1) is 11.6. The van der Waals surface area contributed by atoms with Crippen LogP contribution < -0.4 is 5.32 Å². The minimum Gasteiger partial charge on any atom is -0.359 e. The van der Waals surface area contributed by atoms with Crippen LogP contribution in [-0.2, 0) is 9.84 Å². The lowest BCUT2D eigenvalue weighted by atomic mass is 10.7. The number of aromatic amines is 1. The summed E-state index contributed by atoms with van der Waals surface area (Å²) in [4.78, 5) is 0. The van der Waals surface area contributed by atoms with Crippen molar-refractivity contribution in [2.45, 2.75) is 6.92 Å². The van der Waals surface area contributed by atoms with Crippen LogP contribution in [0.25, 0.3) is 0 Å². The van der Waals surface area contributed by atoms with Crippen LogP contribution in [0.3, 0.4) is 0 Å². The Labute approximate surface area is 91.5 Å². The van der Waals surface area contributed by atoms with E-state index < -0.39 is 9.84 Å². The molecule has 0 spiro atoms. The van der Waals surface area contributed by atoms with Crippen LogP contribution in [0.15, 0.2) is 0 Å². The topological polar surface area (TPSA) is 74.8 Å². The number of hydrogen-bond acceptors (Lipinski definition) is 6. The third kappa shape index (κ3) is 3.72. The zero-order valence-electron chi connectivity index (χ0n) is 7.61. The highest BCUT2D eigenvalue weighted by molar-refractivity contribution is 7.91. The van der Waals surface area contributed by atoms with Crippen LogP contribution in [0.4, 0.5) is 5.13 Å². The molecule has 1 aromatic rings. The molecule has 0 radical (unpaired) electrons. The Kier molecular flexibility index (Phi) is 4.02. The van der Waals surface area contributed by atoms with Crippen molar-refractivity contribution >= 4 is 38.5 Å². The molecule has 1 aromatic heterocycles. The van der Waals surface area contributed by atoms with Crippen LogP contribution >= 0.6 is 23.6 Å². The molecule has 14 heavy (non-hydrogen) atoms. The third-order valence-electron chi connectivity index (χ3n) is 1.57. The molecule has 0 saturated carbocycles. The number of hydrogen-bond donors (Lipinski definition) is 2. The fraction of sp³-hybridized carbons (Fsp3) is 0.667. The van der Waals surface area contributed by atoms with Gasteiger partial charge in [0.05, 0.1) is 5.75 Å². The lowest BCUT2D eigenvalue weighted by Gasteiger charge is -2.01. The molecule has 0 atom stereocenters. The molecule has 0 fully saturated rings. The van der Waals surface area contributed by atoms with Gasteiger partial charge in [0, 0.05) is 12.3 Å². The Bertz CT molecular complexity index is 433. The Hall–Kier alpha value is -0.470. The van der Waals surface area contributed by atoms with Gasteiger partial charge in [0.1, 0.15) is 0 Å². The van der Waals surface area contributed by atoms with E-state index in [0.717, 1.165) is 0 Å². The minimum absolute atomic E-state index is 0.121. The molecule has 0 bridgehead atoms. The van der Waals surface area contributed by atoms with Crippen molar-refractivity contribution < 1.29 is 8.42 Å². The SMILES string of the molecule is CCS(=O)(=O)CCNc1n[nH]c(=S)s1. The Balaban J connectivity index is 2.40. The van der Waals surface area contributed by atoms with E-state index in [4.69, 9.17) is 12.2 Å². The molecular weight excluding hydrogens is 242 g/mol. The predicted octanol–water partition coefficient (Wildman–Crippen LogP) is 1.05. The summed E-state index contributed by atoms with van der Waals surface area (Å²) in [6.45, 7) is 2.00. The van der Waals surface area contributed by atoms with Crippen LogP contribution in [0.2, 0.25) is 0 Å². The normalized spacial score (nSPS) is 11.5. The van der Waals surface area contributed by atoms with Gasteiger partial charge in [0.25, 0.3) is 0 Å². The van der Waals surface area contributed by atoms with E-state index in [1.54, 1.807) is 6.92 Å². The van der Waals surface area contributed by atoms with E-state index in [1.165, 1.54) is 11.3 Å². The number of H-pyrrole nitrogens is 1. The molecule has 1 rings (SSSR count). The van der Waals surface area contributed by atoms with Crippen LogP contribution in [0, 0.1) is 3.95 Å². The molecule has 1 heterocycles. The average Bonchev–Trinajstić information content (AvgIpc) is 2.51. The largest absolute Gasteiger partial charge is 0.359 e.